The minimum Gasteiger partial charge on any atom is -0.335 e. The first-order chi connectivity index (χ1) is 16.3. The van der Waals surface area contributed by atoms with Crippen molar-refractivity contribution in [2.75, 3.05) is 11.9 Å². The summed E-state index contributed by atoms with van der Waals surface area (Å²) in [5.74, 6) is 0.344. The number of anilines is 1. The summed E-state index contributed by atoms with van der Waals surface area (Å²) in [5, 5.41) is 5.20. The van der Waals surface area contributed by atoms with Crippen molar-refractivity contribution in [1.29, 1.82) is 0 Å². The molecule has 1 unspecified atom stereocenters. The number of ether oxygens (including phenoxy) is 1. The summed E-state index contributed by atoms with van der Waals surface area (Å²) in [7, 11) is 0. The molecule has 1 heterocycles. The Kier molecular flexibility index (Phi) is 6.10. The quantitative estimate of drug-likeness (QED) is 0.411. The molecular formula is C27H26F3NO3. The van der Waals surface area contributed by atoms with Crippen LogP contribution in [0.25, 0.3) is 16.3 Å². The molecular weight excluding hydrogens is 443 g/mol. The number of allylic oxidation sites excluding steroid dienone is 1. The van der Waals surface area contributed by atoms with Crippen molar-refractivity contribution in [2.45, 2.75) is 43.9 Å². The Morgan fingerprint density at radius 3 is 2.41 bits per heavy atom. The molecule has 5 rings (SSSR count). The summed E-state index contributed by atoms with van der Waals surface area (Å²) in [4.78, 5) is 11.1. The van der Waals surface area contributed by atoms with Crippen molar-refractivity contribution in [1.82, 2.24) is 0 Å². The zero-order valence-corrected chi connectivity index (χ0v) is 18.6. The van der Waals surface area contributed by atoms with Crippen LogP contribution in [0.3, 0.4) is 0 Å². The summed E-state index contributed by atoms with van der Waals surface area (Å²) in [6, 6.07) is 19.6. The maximum absolute atomic E-state index is 12.9. The molecule has 1 aliphatic carbocycles. The Labute approximate surface area is 196 Å². The van der Waals surface area contributed by atoms with Gasteiger partial charge in [-0.15, -0.1) is 0 Å². The Bertz CT molecular complexity index is 1170. The summed E-state index contributed by atoms with van der Waals surface area (Å²) in [5.41, 5.74) is 1.24. The molecule has 4 nitrogen and oxygen atoms in total. The molecule has 0 radical (unpaired) electrons. The number of rotatable bonds is 4. The predicted molar refractivity (Wildman–Crippen MR) is 125 cm³/mol. The lowest BCUT2D eigenvalue weighted by Gasteiger charge is -2.43. The summed E-state index contributed by atoms with van der Waals surface area (Å²) in [6.07, 6.45) is -2.10. The van der Waals surface area contributed by atoms with Gasteiger partial charge >= 0.3 is 6.18 Å². The number of hydrogen-bond acceptors (Lipinski definition) is 4. The van der Waals surface area contributed by atoms with E-state index >= 15 is 0 Å². The fourth-order valence-electron chi connectivity index (χ4n) is 4.76. The van der Waals surface area contributed by atoms with E-state index in [2.05, 4.69) is 42.2 Å². The highest BCUT2D eigenvalue weighted by atomic mass is 19.4. The lowest BCUT2D eigenvalue weighted by Crippen LogP contribution is -2.49. The molecule has 2 fully saturated rings. The number of alkyl halides is 3. The smallest absolute Gasteiger partial charge is 0.335 e. The van der Waals surface area contributed by atoms with Crippen LogP contribution in [-0.2, 0) is 20.7 Å². The third-order valence-electron chi connectivity index (χ3n) is 6.79. The normalized spacial score (nSPS) is 25.4. The number of hydrogen-bond donors (Lipinski definition) is 1. The minimum absolute atomic E-state index is 0.245. The fraction of sp³-hybridized carbons (Fsp3) is 0.333. The van der Waals surface area contributed by atoms with Crippen LogP contribution < -0.4 is 5.32 Å². The van der Waals surface area contributed by atoms with Crippen LogP contribution in [0.5, 0.6) is 0 Å². The minimum atomic E-state index is -4.41. The third kappa shape index (κ3) is 4.82. The standard InChI is InChI=1S/C27H26F3NO3/c1-18(21-10-9-20-5-2-3-6-22(20)15-21)19-11-13-26(14-12-19)17-32-25(33-34-26)31-24-8-4-7-23(16-24)27(28,29)30/h2-10,15-16,19,25,31H,1,11-14,17H2. The van der Waals surface area contributed by atoms with E-state index in [9.17, 15) is 13.2 Å². The molecule has 1 saturated heterocycles. The van der Waals surface area contributed by atoms with Gasteiger partial charge in [-0.2, -0.15) is 18.1 Å². The fourth-order valence-corrected chi connectivity index (χ4v) is 4.76. The first-order valence-corrected chi connectivity index (χ1v) is 11.4. The maximum Gasteiger partial charge on any atom is 0.416 e. The van der Waals surface area contributed by atoms with Crippen molar-refractivity contribution in [2.24, 2.45) is 5.92 Å². The maximum atomic E-state index is 12.9. The second-order valence-corrected chi connectivity index (χ2v) is 9.09. The van der Waals surface area contributed by atoms with E-state index in [4.69, 9.17) is 14.5 Å². The summed E-state index contributed by atoms with van der Waals surface area (Å²) >= 11 is 0. The van der Waals surface area contributed by atoms with Crippen LogP contribution in [0.15, 0.2) is 73.3 Å². The Morgan fingerprint density at radius 2 is 1.71 bits per heavy atom. The van der Waals surface area contributed by atoms with E-state index in [0.29, 0.717) is 12.5 Å². The van der Waals surface area contributed by atoms with Crippen molar-refractivity contribution in [3.63, 3.8) is 0 Å². The van der Waals surface area contributed by atoms with E-state index in [1.54, 1.807) is 0 Å². The van der Waals surface area contributed by atoms with E-state index in [-0.39, 0.29) is 5.69 Å². The Hall–Kier alpha value is -2.87. The van der Waals surface area contributed by atoms with Crippen molar-refractivity contribution in [3.05, 3.63) is 84.4 Å². The van der Waals surface area contributed by atoms with E-state index in [0.717, 1.165) is 49.0 Å². The highest BCUT2D eigenvalue weighted by molar-refractivity contribution is 5.86. The van der Waals surface area contributed by atoms with Crippen molar-refractivity contribution in [3.8, 4) is 0 Å². The van der Waals surface area contributed by atoms with E-state index < -0.39 is 23.8 Å². The van der Waals surface area contributed by atoms with Gasteiger partial charge < -0.3 is 10.1 Å². The average Bonchev–Trinajstić information content (AvgIpc) is 2.85. The number of halogens is 3. The number of fused-ring (bicyclic) bond motifs is 1. The van der Waals surface area contributed by atoms with E-state index in [1.807, 2.05) is 12.1 Å². The molecule has 0 aromatic heterocycles. The van der Waals surface area contributed by atoms with Gasteiger partial charge in [-0.3, -0.25) is 0 Å². The molecule has 0 amide bonds. The largest absolute Gasteiger partial charge is 0.416 e. The van der Waals surface area contributed by atoms with Crippen LogP contribution in [-0.4, -0.2) is 18.6 Å². The first kappa shape index (κ1) is 22.9. The van der Waals surface area contributed by atoms with Gasteiger partial charge in [0.2, 0.25) is 0 Å². The lowest BCUT2D eigenvalue weighted by atomic mass is 9.75. The van der Waals surface area contributed by atoms with Gasteiger partial charge in [0.1, 0.15) is 5.60 Å². The molecule has 1 spiro atoms. The molecule has 2 aliphatic rings. The van der Waals surface area contributed by atoms with Gasteiger partial charge in [0.05, 0.1) is 12.2 Å². The zero-order valence-electron chi connectivity index (χ0n) is 18.6. The molecule has 1 saturated carbocycles. The SMILES string of the molecule is C=C(c1ccc2ccccc2c1)C1CCC2(CC1)COC(Nc1cccc(C(F)(F)F)c1)OO2. The van der Waals surface area contributed by atoms with Gasteiger partial charge in [-0.05, 0) is 77.8 Å². The highest BCUT2D eigenvalue weighted by Crippen LogP contribution is 2.42. The van der Waals surface area contributed by atoms with Gasteiger partial charge in [-0.25, -0.2) is 4.89 Å². The highest BCUT2D eigenvalue weighted by Gasteiger charge is 2.43. The summed E-state index contributed by atoms with van der Waals surface area (Å²) < 4.78 is 44.6. The molecule has 0 bridgehead atoms. The monoisotopic (exact) mass is 469 g/mol. The van der Waals surface area contributed by atoms with Crippen LogP contribution in [0.4, 0.5) is 18.9 Å². The Morgan fingerprint density at radius 1 is 0.941 bits per heavy atom. The average molecular weight is 470 g/mol. The zero-order chi connectivity index (χ0) is 23.8. The van der Waals surface area contributed by atoms with Gasteiger partial charge in [-0.1, -0.05) is 49.0 Å². The van der Waals surface area contributed by atoms with Crippen LogP contribution in [0.1, 0.15) is 36.8 Å². The van der Waals surface area contributed by atoms with Gasteiger partial charge in [0, 0.05) is 5.69 Å². The molecule has 3 aromatic carbocycles. The lowest BCUT2D eigenvalue weighted by molar-refractivity contribution is -0.468. The number of nitrogens with one attached hydrogen (secondary N) is 1. The topological polar surface area (TPSA) is 39.7 Å². The Balaban J connectivity index is 1.16. The van der Waals surface area contributed by atoms with Crippen molar-refractivity contribution >= 4 is 22.0 Å². The first-order valence-electron chi connectivity index (χ1n) is 11.4. The molecule has 1 aliphatic heterocycles. The predicted octanol–water partition coefficient (Wildman–Crippen LogP) is 7.17. The molecule has 1 N–H and O–H groups in total. The molecule has 34 heavy (non-hydrogen) atoms. The molecule has 3 aromatic rings. The van der Waals surface area contributed by atoms with Crippen LogP contribution in [0.2, 0.25) is 0 Å². The second kappa shape index (κ2) is 9.06. The van der Waals surface area contributed by atoms with Gasteiger partial charge in [0.15, 0.2) is 0 Å². The second-order valence-electron chi connectivity index (χ2n) is 9.09. The molecule has 1 atom stereocenters. The van der Waals surface area contributed by atoms with Crippen molar-refractivity contribution < 1.29 is 27.7 Å². The van der Waals surface area contributed by atoms with Gasteiger partial charge in [0.25, 0.3) is 6.41 Å². The molecule has 178 valence electrons. The van der Waals surface area contributed by atoms with Crippen LogP contribution in [0, 0.1) is 5.92 Å². The van der Waals surface area contributed by atoms with Crippen LogP contribution >= 0.6 is 0 Å². The third-order valence-corrected chi connectivity index (χ3v) is 6.79. The molecule has 7 heteroatoms. The summed E-state index contributed by atoms with van der Waals surface area (Å²) in [6.45, 7) is 4.68. The van der Waals surface area contributed by atoms with E-state index in [1.165, 1.54) is 22.9 Å². The number of benzene rings is 3.